The molecule has 0 saturated carbocycles. The van der Waals surface area contributed by atoms with Crippen molar-refractivity contribution < 1.29 is 28.8 Å². The van der Waals surface area contributed by atoms with Crippen molar-refractivity contribution in [2.24, 2.45) is 0 Å². The minimum absolute atomic E-state index is 0.0289. The van der Waals surface area contributed by atoms with E-state index in [0.717, 1.165) is 44.1 Å². The molecule has 0 aliphatic carbocycles. The van der Waals surface area contributed by atoms with E-state index in [1.807, 2.05) is 22.9 Å². The van der Waals surface area contributed by atoms with E-state index in [4.69, 9.17) is 18.9 Å². The topological polar surface area (TPSA) is 107 Å². The minimum atomic E-state index is -0.884. The third-order valence-electron chi connectivity index (χ3n) is 5.90. The van der Waals surface area contributed by atoms with Crippen molar-refractivity contribution in [3.05, 3.63) is 48.2 Å². The number of aliphatic hydroxyl groups excluding tert-OH is 1. The molecule has 2 aromatic carbocycles. The van der Waals surface area contributed by atoms with Crippen LogP contribution in [0.15, 0.2) is 42.5 Å². The molecule has 1 amide bonds. The number of rotatable bonds is 11. The lowest BCUT2D eigenvalue weighted by atomic mass is 10.2. The Morgan fingerprint density at radius 1 is 1.09 bits per heavy atom. The lowest BCUT2D eigenvalue weighted by Crippen LogP contribution is -2.38. The fraction of sp³-hybridized carbons (Fsp3) is 0.440. The Bertz CT molecular complexity index is 1110. The highest BCUT2D eigenvalue weighted by molar-refractivity contribution is 6.06. The number of ether oxygens (including phenoxy) is 4. The second-order valence-corrected chi connectivity index (χ2v) is 8.23. The van der Waals surface area contributed by atoms with Gasteiger partial charge in [0, 0.05) is 31.6 Å². The molecule has 4 rings (SSSR count). The lowest BCUT2D eigenvalue weighted by molar-refractivity contribution is 0.0361. The Morgan fingerprint density at radius 2 is 1.83 bits per heavy atom. The summed E-state index contributed by atoms with van der Waals surface area (Å²) in [6.07, 6.45) is -0.884. The smallest absolute Gasteiger partial charge is 0.272 e. The normalized spacial score (nSPS) is 15.1. The predicted octanol–water partition coefficient (Wildman–Crippen LogP) is 1.56. The number of fused-ring (bicyclic) bond motifs is 1. The van der Waals surface area contributed by atoms with Crippen LogP contribution < -0.4 is 19.5 Å². The van der Waals surface area contributed by atoms with Crippen LogP contribution in [0.4, 0.5) is 0 Å². The summed E-state index contributed by atoms with van der Waals surface area (Å²) in [6.45, 7) is 4.67. The molecular formula is C25H32N4O6. The zero-order valence-electron chi connectivity index (χ0n) is 20.1. The van der Waals surface area contributed by atoms with E-state index < -0.39 is 6.10 Å². The summed E-state index contributed by atoms with van der Waals surface area (Å²) in [7, 11) is 3.20. The van der Waals surface area contributed by atoms with Crippen LogP contribution in [0, 0.1) is 0 Å². The van der Waals surface area contributed by atoms with Crippen molar-refractivity contribution in [2.75, 3.05) is 60.2 Å². The van der Waals surface area contributed by atoms with Gasteiger partial charge in [0.1, 0.15) is 35.5 Å². The Morgan fingerprint density at radius 3 is 2.54 bits per heavy atom. The highest BCUT2D eigenvalue weighted by Crippen LogP contribution is 2.28. The number of aliphatic hydroxyl groups is 1. The van der Waals surface area contributed by atoms with Gasteiger partial charge in [0.25, 0.3) is 5.91 Å². The first-order valence-electron chi connectivity index (χ1n) is 11.7. The standard InChI is InChI=1S/C25H32N4O6/c1-32-19-6-8-20(9-7-19)35-17-18(30)16-26-25(31)23-21-4-3-5-22(33-2)24(21)29(27-23)11-10-28-12-14-34-15-13-28/h3-9,18,30H,10-17H2,1-2H3,(H,26,31). The number of aromatic nitrogens is 2. The molecule has 0 radical (unpaired) electrons. The molecular weight excluding hydrogens is 452 g/mol. The first-order chi connectivity index (χ1) is 17.1. The van der Waals surface area contributed by atoms with Crippen molar-refractivity contribution in [2.45, 2.75) is 12.6 Å². The number of hydrogen-bond donors (Lipinski definition) is 2. The van der Waals surface area contributed by atoms with Crippen LogP contribution in [0.25, 0.3) is 10.9 Å². The van der Waals surface area contributed by atoms with E-state index in [0.29, 0.717) is 29.1 Å². The number of hydrogen-bond acceptors (Lipinski definition) is 8. The number of amides is 1. The Labute approximate surface area is 204 Å². The highest BCUT2D eigenvalue weighted by atomic mass is 16.5. The van der Waals surface area contributed by atoms with E-state index >= 15 is 0 Å². The summed E-state index contributed by atoms with van der Waals surface area (Å²) in [5.74, 6) is 1.62. The monoisotopic (exact) mass is 484 g/mol. The Kier molecular flexibility index (Phi) is 8.40. The molecule has 3 aromatic rings. The molecule has 10 nitrogen and oxygen atoms in total. The minimum Gasteiger partial charge on any atom is -0.497 e. The zero-order valence-corrected chi connectivity index (χ0v) is 20.1. The average Bonchev–Trinajstić information content (AvgIpc) is 3.29. The molecule has 1 atom stereocenters. The third kappa shape index (κ3) is 6.21. The molecule has 10 heteroatoms. The van der Waals surface area contributed by atoms with Gasteiger partial charge in [-0.15, -0.1) is 0 Å². The van der Waals surface area contributed by atoms with Gasteiger partial charge in [-0.25, -0.2) is 0 Å². The second-order valence-electron chi connectivity index (χ2n) is 8.23. The van der Waals surface area contributed by atoms with Crippen molar-refractivity contribution in [3.8, 4) is 17.2 Å². The molecule has 1 aliphatic heterocycles. The Hall–Kier alpha value is -3.34. The van der Waals surface area contributed by atoms with Gasteiger partial charge < -0.3 is 29.4 Å². The maximum Gasteiger partial charge on any atom is 0.272 e. The quantitative estimate of drug-likeness (QED) is 0.422. The number of methoxy groups -OCH3 is 2. The summed E-state index contributed by atoms with van der Waals surface area (Å²) < 4.78 is 23.5. The fourth-order valence-electron chi connectivity index (χ4n) is 3.98. The molecule has 1 unspecified atom stereocenters. The molecule has 2 N–H and O–H groups in total. The molecule has 35 heavy (non-hydrogen) atoms. The van der Waals surface area contributed by atoms with Crippen LogP contribution in [-0.4, -0.2) is 92.0 Å². The second kappa shape index (κ2) is 11.9. The van der Waals surface area contributed by atoms with Crippen LogP contribution in [0.1, 0.15) is 10.5 Å². The summed E-state index contributed by atoms with van der Waals surface area (Å²) in [5, 5.41) is 18.4. The van der Waals surface area contributed by atoms with Crippen LogP contribution >= 0.6 is 0 Å². The van der Waals surface area contributed by atoms with Gasteiger partial charge in [0.15, 0.2) is 5.69 Å². The van der Waals surface area contributed by atoms with Crippen LogP contribution in [0.3, 0.4) is 0 Å². The van der Waals surface area contributed by atoms with Gasteiger partial charge in [-0.3, -0.25) is 14.4 Å². The van der Waals surface area contributed by atoms with E-state index in [9.17, 15) is 9.90 Å². The summed E-state index contributed by atoms with van der Waals surface area (Å²) >= 11 is 0. The molecule has 2 heterocycles. The summed E-state index contributed by atoms with van der Waals surface area (Å²) in [4.78, 5) is 15.3. The van der Waals surface area contributed by atoms with Crippen LogP contribution in [0.5, 0.6) is 17.2 Å². The van der Waals surface area contributed by atoms with Crippen molar-refractivity contribution >= 4 is 16.8 Å². The number of carbonyl (C=O) groups excluding carboxylic acids is 1. The van der Waals surface area contributed by atoms with E-state index in [1.165, 1.54) is 0 Å². The number of nitrogens with one attached hydrogen (secondary N) is 1. The van der Waals surface area contributed by atoms with E-state index in [-0.39, 0.29) is 19.1 Å². The van der Waals surface area contributed by atoms with Crippen molar-refractivity contribution in [1.82, 2.24) is 20.0 Å². The zero-order chi connectivity index (χ0) is 24.6. The Balaban J connectivity index is 1.39. The first-order valence-corrected chi connectivity index (χ1v) is 11.7. The van der Waals surface area contributed by atoms with Crippen molar-refractivity contribution in [3.63, 3.8) is 0 Å². The number of para-hydroxylation sites is 1. The average molecular weight is 485 g/mol. The van der Waals surface area contributed by atoms with Crippen LogP contribution in [-0.2, 0) is 11.3 Å². The lowest BCUT2D eigenvalue weighted by Gasteiger charge is -2.26. The molecule has 1 aliphatic rings. The maximum absolute atomic E-state index is 13.0. The molecule has 188 valence electrons. The number of benzene rings is 2. The SMILES string of the molecule is COc1ccc(OCC(O)CNC(=O)c2nn(CCN3CCOCC3)c3c(OC)cccc23)cc1. The van der Waals surface area contributed by atoms with Crippen LogP contribution in [0.2, 0.25) is 0 Å². The van der Waals surface area contributed by atoms with E-state index in [2.05, 4.69) is 15.3 Å². The number of carbonyl (C=O) groups is 1. The number of nitrogens with zero attached hydrogens (tertiary/aromatic N) is 3. The molecule has 1 fully saturated rings. The third-order valence-corrected chi connectivity index (χ3v) is 5.90. The summed E-state index contributed by atoms with van der Waals surface area (Å²) in [5.41, 5.74) is 1.07. The van der Waals surface area contributed by atoms with Gasteiger partial charge >= 0.3 is 0 Å². The fourth-order valence-corrected chi connectivity index (χ4v) is 3.98. The molecule has 1 saturated heterocycles. The van der Waals surface area contributed by atoms with Gasteiger partial charge in [0.05, 0.1) is 34.0 Å². The van der Waals surface area contributed by atoms with Gasteiger partial charge in [-0.05, 0) is 30.3 Å². The van der Waals surface area contributed by atoms with Gasteiger partial charge in [-0.1, -0.05) is 12.1 Å². The summed E-state index contributed by atoms with van der Waals surface area (Å²) in [6, 6.07) is 12.6. The largest absolute Gasteiger partial charge is 0.497 e. The molecule has 0 spiro atoms. The highest BCUT2D eigenvalue weighted by Gasteiger charge is 2.21. The van der Waals surface area contributed by atoms with E-state index in [1.54, 1.807) is 38.5 Å². The maximum atomic E-state index is 13.0. The first kappa shape index (κ1) is 24.8. The number of morpholine rings is 1. The predicted molar refractivity (Wildman–Crippen MR) is 130 cm³/mol. The van der Waals surface area contributed by atoms with Crippen molar-refractivity contribution in [1.29, 1.82) is 0 Å². The van der Waals surface area contributed by atoms with Gasteiger partial charge in [-0.2, -0.15) is 5.10 Å². The van der Waals surface area contributed by atoms with Gasteiger partial charge in [0.2, 0.25) is 0 Å². The molecule has 1 aromatic heterocycles. The molecule has 0 bridgehead atoms.